The molecule has 1 saturated heterocycles. The maximum Gasteiger partial charge on any atom is 0.410 e. The van der Waals surface area contributed by atoms with E-state index in [1.54, 1.807) is 4.90 Å². The van der Waals surface area contributed by atoms with Crippen LogP contribution in [-0.2, 0) is 4.74 Å². The number of nitrogens with zero attached hydrogens (tertiary/aromatic N) is 3. The van der Waals surface area contributed by atoms with Crippen LogP contribution in [0.2, 0.25) is 0 Å². The predicted octanol–water partition coefficient (Wildman–Crippen LogP) is 3.34. The van der Waals surface area contributed by atoms with Gasteiger partial charge in [0.05, 0.1) is 11.6 Å². The minimum atomic E-state index is -0.489. The highest BCUT2D eigenvalue weighted by atomic mass is 16.6. The number of rotatable bonds is 1. The number of aromatic amines is 1. The Labute approximate surface area is 129 Å². The molecule has 118 valence electrons. The molecule has 6 nitrogen and oxygen atoms in total. The van der Waals surface area contributed by atoms with E-state index in [-0.39, 0.29) is 12.1 Å². The number of ether oxygens (including phenoxy) is 1. The van der Waals surface area contributed by atoms with Gasteiger partial charge in [-0.25, -0.2) is 14.8 Å². The minimum absolute atomic E-state index is 0.0654. The molecule has 3 rings (SSSR count). The van der Waals surface area contributed by atoms with Gasteiger partial charge in [0.25, 0.3) is 0 Å². The zero-order valence-electron chi connectivity index (χ0n) is 13.5. The van der Waals surface area contributed by atoms with Crippen LogP contribution >= 0.6 is 0 Å². The Morgan fingerprint density at radius 1 is 1.36 bits per heavy atom. The van der Waals surface area contributed by atoms with Crippen molar-refractivity contribution in [3.8, 4) is 0 Å². The maximum atomic E-state index is 12.4. The number of pyridine rings is 1. The van der Waals surface area contributed by atoms with Crippen molar-refractivity contribution in [3.05, 3.63) is 23.7 Å². The minimum Gasteiger partial charge on any atom is -0.444 e. The Kier molecular flexibility index (Phi) is 3.54. The van der Waals surface area contributed by atoms with Gasteiger partial charge < -0.3 is 9.72 Å². The van der Waals surface area contributed by atoms with Crippen LogP contribution in [0.4, 0.5) is 4.79 Å². The molecule has 2 aromatic heterocycles. The summed E-state index contributed by atoms with van der Waals surface area (Å²) in [5.41, 5.74) is 2.04. The van der Waals surface area contributed by atoms with Crippen LogP contribution < -0.4 is 0 Å². The van der Waals surface area contributed by atoms with Crippen molar-refractivity contribution < 1.29 is 9.53 Å². The van der Waals surface area contributed by atoms with Crippen molar-refractivity contribution in [3.63, 3.8) is 0 Å². The van der Waals surface area contributed by atoms with Gasteiger partial charge in [-0.05, 0) is 52.7 Å². The molecule has 2 aromatic rings. The molecular weight excluding hydrogens is 280 g/mol. The van der Waals surface area contributed by atoms with Gasteiger partial charge in [-0.15, -0.1) is 0 Å². The Hall–Kier alpha value is -2.11. The second kappa shape index (κ2) is 5.26. The Balaban J connectivity index is 1.86. The number of aromatic nitrogens is 3. The van der Waals surface area contributed by atoms with E-state index in [4.69, 9.17) is 4.74 Å². The molecule has 1 aliphatic heterocycles. The number of amides is 1. The number of hydrogen-bond donors (Lipinski definition) is 1. The maximum absolute atomic E-state index is 12.4. The van der Waals surface area contributed by atoms with Crippen LogP contribution in [0, 0.1) is 6.92 Å². The first-order valence-electron chi connectivity index (χ1n) is 7.66. The largest absolute Gasteiger partial charge is 0.444 e. The number of fused-ring (bicyclic) bond motifs is 1. The molecule has 0 aliphatic carbocycles. The molecule has 1 N–H and O–H groups in total. The van der Waals surface area contributed by atoms with Crippen LogP contribution in [-0.4, -0.2) is 38.1 Å². The van der Waals surface area contributed by atoms with Gasteiger partial charge in [0.2, 0.25) is 0 Å². The monoisotopic (exact) mass is 302 g/mol. The first kappa shape index (κ1) is 14.8. The van der Waals surface area contributed by atoms with Crippen molar-refractivity contribution in [2.24, 2.45) is 0 Å². The summed E-state index contributed by atoms with van der Waals surface area (Å²) in [6.45, 7) is 8.27. The number of carbonyl (C=O) groups excluding carboxylic acids is 1. The lowest BCUT2D eigenvalue weighted by Gasteiger charge is -2.27. The molecule has 0 saturated carbocycles. The van der Waals surface area contributed by atoms with Gasteiger partial charge in [0.1, 0.15) is 11.4 Å². The lowest BCUT2D eigenvalue weighted by Crippen LogP contribution is -2.36. The molecule has 6 heteroatoms. The first-order chi connectivity index (χ1) is 10.3. The topological polar surface area (TPSA) is 71.1 Å². The van der Waals surface area contributed by atoms with Gasteiger partial charge >= 0.3 is 6.09 Å². The fourth-order valence-electron chi connectivity index (χ4n) is 2.75. The van der Waals surface area contributed by atoms with E-state index in [0.717, 1.165) is 29.9 Å². The van der Waals surface area contributed by atoms with Gasteiger partial charge in [0.15, 0.2) is 5.65 Å². The van der Waals surface area contributed by atoms with E-state index >= 15 is 0 Å². The third-order valence-electron chi connectivity index (χ3n) is 3.70. The highest BCUT2D eigenvalue weighted by Crippen LogP contribution is 2.32. The summed E-state index contributed by atoms with van der Waals surface area (Å²) in [6.07, 6.45) is 1.56. The number of imidazole rings is 1. The van der Waals surface area contributed by atoms with Gasteiger partial charge in [-0.3, -0.25) is 4.90 Å². The van der Waals surface area contributed by atoms with Gasteiger partial charge in [-0.1, -0.05) is 0 Å². The molecule has 1 amide bonds. The smallest absolute Gasteiger partial charge is 0.410 e. The number of H-pyrrole nitrogens is 1. The third kappa shape index (κ3) is 2.91. The number of carbonyl (C=O) groups is 1. The average Bonchev–Trinajstić information content (AvgIpc) is 3.01. The molecular formula is C16H22N4O2. The summed E-state index contributed by atoms with van der Waals surface area (Å²) in [7, 11) is 0. The van der Waals surface area contributed by atoms with E-state index in [2.05, 4.69) is 15.0 Å². The highest BCUT2D eigenvalue weighted by Gasteiger charge is 2.35. The molecule has 0 radical (unpaired) electrons. The van der Waals surface area contributed by atoms with E-state index < -0.39 is 5.60 Å². The second-order valence-corrected chi connectivity index (χ2v) is 6.78. The van der Waals surface area contributed by atoms with Crippen molar-refractivity contribution in [1.29, 1.82) is 0 Å². The molecule has 1 atom stereocenters. The average molecular weight is 302 g/mol. The molecule has 3 heterocycles. The van der Waals surface area contributed by atoms with Crippen LogP contribution in [0.5, 0.6) is 0 Å². The predicted molar refractivity (Wildman–Crippen MR) is 83.5 cm³/mol. The normalized spacial score (nSPS) is 18.9. The van der Waals surface area contributed by atoms with Gasteiger partial charge in [-0.2, -0.15) is 0 Å². The summed E-state index contributed by atoms with van der Waals surface area (Å²) >= 11 is 0. The summed E-state index contributed by atoms with van der Waals surface area (Å²) < 4.78 is 5.50. The number of likely N-dealkylation sites (tertiary alicyclic amines) is 1. The number of nitrogens with one attached hydrogen (secondary N) is 1. The zero-order chi connectivity index (χ0) is 15.9. The van der Waals surface area contributed by atoms with Crippen molar-refractivity contribution in [2.75, 3.05) is 6.54 Å². The molecule has 22 heavy (non-hydrogen) atoms. The van der Waals surface area contributed by atoms with Crippen LogP contribution in [0.3, 0.4) is 0 Å². The molecule has 0 bridgehead atoms. The molecule has 0 spiro atoms. The molecule has 0 unspecified atom stereocenters. The quantitative estimate of drug-likeness (QED) is 0.877. The van der Waals surface area contributed by atoms with E-state index in [1.165, 1.54) is 0 Å². The van der Waals surface area contributed by atoms with Gasteiger partial charge in [0, 0.05) is 12.2 Å². The Bertz CT molecular complexity index is 702. The molecule has 1 fully saturated rings. The van der Waals surface area contributed by atoms with E-state index in [1.807, 2.05) is 39.8 Å². The fourth-order valence-corrected chi connectivity index (χ4v) is 2.75. The van der Waals surface area contributed by atoms with Crippen LogP contribution in [0.25, 0.3) is 11.2 Å². The summed E-state index contributed by atoms with van der Waals surface area (Å²) in [5, 5.41) is 0. The second-order valence-electron chi connectivity index (χ2n) is 6.78. The number of aryl methyl sites for hydroxylation is 1. The zero-order valence-corrected chi connectivity index (χ0v) is 13.5. The SMILES string of the molecule is Cc1ccc2[nH]c([C@H]3CCCN3C(=O)OC(C)(C)C)nc2n1. The fraction of sp³-hybridized carbons (Fsp3) is 0.562. The van der Waals surface area contributed by atoms with E-state index in [0.29, 0.717) is 12.2 Å². The lowest BCUT2D eigenvalue weighted by molar-refractivity contribution is 0.0219. The van der Waals surface area contributed by atoms with Crippen LogP contribution in [0.1, 0.15) is 51.2 Å². The summed E-state index contributed by atoms with van der Waals surface area (Å²) in [4.78, 5) is 26.4. The van der Waals surface area contributed by atoms with Crippen LogP contribution in [0.15, 0.2) is 12.1 Å². The molecule has 1 aliphatic rings. The number of hydrogen-bond acceptors (Lipinski definition) is 4. The third-order valence-corrected chi connectivity index (χ3v) is 3.70. The standard InChI is InChI=1S/C16H22N4O2/c1-10-7-8-11-13(17-10)19-14(18-11)12-6-5-9-20(12)15(21)22-16(2,3)4/h7-8,12H,5-6,9H2,1-4H3,(H,17,18,19)/t12-/m1/s1. The summed E-state index contributed by atoms with van der Waals surface area (Å²) in [6, 6.07) is 3.86. The molecule has 0 aromatic carbocycles. The van der Waals surface area contributed by atoms with Crippen molar-refractivity contribution in [2.45, 2.75) is 52.2 Å². The first-order valence-corrected chi connectivity index (χ1v) is 7.66. The highest BCUT2D eigenvalue weighted by molar-refractivity contribution is 5.72. The van der Waals surface area contributed by atoms with Crippen molar-refractivity contribution in [1.82, 2.24) is 19.9 Å². The Morgan fingerprint density at radius 3 is 2.86 bits per heavy atom. The van der Waals surface area contributed by atoms with E-state index in [9.17, 15) is 4.79 Å². The Morgan fingerprint density at radius 2 is 2.14 bits per heavy atom. The van der Waals surface area contributed by atoms with Crippen molar-refractivity contribution >= 4 is 17.3 Å². The lowest BCUT2D eigenvalue weighted by atomic mass is 10.2. The summed E-state index contributed by atoms with van der Waals surface area (Å²) in [5.74, 6) is 0.788.